The molecule has 1 fully saturated rings. The summed E-state index contributed by atoms with van der Waals surface area (Å²) in [6.07, 6.45) is -0.449. The Morgan fingerprint density at radius 2 is 1.59 bits per heavy atom. The highest BCUT2D eigenvalue weighted by atomic mass is 16.7. The van der Waals surface area contributed by atoms with E-state index in [1.807, 2.05) is 53.7 Å². The zero-order valence-electron chi connectivity index (χ0n) is 21.2. The summed E-state index contributed by atoms with van der Waals surface area (Å²) in [5, 5.41) is 2.67. The number of benzene rings is 1. The average Bonchev–Trinajstić information content (AvgIpc) is 2.83. The van der Waals surface area contributed by atoms with Crippen LogP contribution in [0.2, 0.25) is 0 Å². The first-order chi connectivity index (χ1) is 14.6. The van der Waals surface area contributed by atoms with Crippen molar-refractivity contribution in [3.63, 3.8) is 0 Å². The Balaban J connectivity index is 2.39. The number of hydrogen-bond acceptors (Lipinski definition) is 6. The number of carbonyl (C=O) groups is 2. The number of ether oxygens (including phenoxy) is 2. The summed E-state index contributed by atoms with van der Waals surface area (Å²) in [5.74, 6) is -0.517. The molecular formula is C24H38BNO6. The molecule has 0 aliphatic carbocycles. The molecule has 1 atom stereocenters. The van der Waals surface area contributed by atoms with Gasteiger partial charge in [0.15, 0.2) is 0 Å². The second-order valence-corrected chi connectivity index (χ2v) is 10.4. The Morgan fingerprint density at radius 1 is 1.06 bits per heavy atom. The van der Waals surface area contributed by atoms with E-state index in [0.717, 1.165) is 22.2 Å². The van der Waals surface area contributed by atoms with E-state index in [9.17, 15) is 9.59 Å². The van der Waals surface area contributed by atoms with Crippen LogP contribution in [0.3, 0.4) is 0 Å². The maximum Gasteiger partial charge on any atom is 0.495 e. The van der Waals surface area contributed by atoms with E-state index in [-0.39, 0.29) is 13.0 Å². The van der Waals surface area contributed by atoms with Crippen molar-refractivity contribution in [2.24, 2.45) is 0 Å². The second-order valence-electron chi connectivity index (χ2n) is 10.4. The number of alkyl carbamates (subject to hydrolysis) is 1. The first kappa shape index (κ1) is 26.2. The quantitative estimate of drug-likeness (QED) is 0.530. The number of nitrogens with one attached hydrogen (secondary N) is 1. The van der Waals surface area contributed by atoms with Crippen LogP contribution in [-0.2, 0) is 30.0 Å². The van der Waals surface area contributed by atoms with E-state index in [4.69, 9.17) is 18.8 Å². The number of aryl methyl sites for hydroxylation is 2. The fourth-order valence-corrected chi connectivity index (χ4v) is 3.37. The number of hydrogen-bond donors (Lipinski definition) is 1. The normalized spacial score (nSPS) is 18.2. The van der Waals surface area contributed by atoms with Crippen LogP contribution in [0.15, 0.2) is 12.1 Å². The molecule has 1 saturated heterocycles. The van der Waals surface area contributed by atoms with Crippen LogP contribution in [0.4, 0.5) is 4.79 Å². The predicted molar refractivity (Wildman–Crippen MR) is 125 cm³/mol. The molecule has 0 bridgehead atoms. The van der Waals surface area contributed by atoms with Gasteiger partial charge in [0.05, 0.1) is 17.8 Å². The molecule has 1 aliphatic rings. The molecule has 1 unspecified atom stereocenters. The van der Waals surface area contributed by atoms with E-state index in [1.54, 1.807) is 27.7 Å². The smallest absolute Gasteiger partial charge is 0.464 e. The van der Waals surface area contributed by atoms with Gasteiger partial charge in [-0.1, -0.05) is 12.1 Å². The molecular weight excluding hydrogens is 409 g/mol. The highest BCUT2D eigenvalue weighted by Gasteiger charge is 2.52. The Morgan fingerprint density at radius 3 is 2.09 bits per heavy atom. The van der Waals surface area contributed by atoms with Gasteiger partial charge in [0.1, 0.15) is 11.6 Å². The van der Waals surface area contributed by atoms with Gasteiger partial charge in [-0.2, -0.15) is 0 Å². The third kappa shape index (κ3) is 6.26. The SMILES string of the molecule is CCOC(=O)C(Cc1cc(C)c(C)cc1B1OC(C)(C)C(C)(C)O1)NC(=O)OC(C)(C)C. The van der Waals surface area contributed by atoms with Gasteiger partial charge in [0, 0.05) is 6.42 Å². The number of carbonyl (C=O) groups excluding carboxylic acids is 2. The minimum atomic E-state index is -0.909. The Kier molecular flexibility index (Phi) is 7.73. The standard InChI is InChI=1S/C24H38BNO6/c1-11-29-20(27)19(26-21(28)30-22(4,5)6)14-17-12-15(2)16(3)13-18(17)25-31-23(7,8)24(9,10)32-25/h12-13,19H,11,14H2,1-10H3,(H,26,28). The van der Waals surface area contributed by atoms with E-state index in [1.165, 1.54) is 0 Å². The minimum absolute atomic E-state index is 0.211. The van der Waals surface area contributed by atoms with E-state index >= 15 is 0 Å². The fourth-order valence-electron chi connectivity index (χ4n) is 3.37. The maximum absolute atomic E-state index is 12.7. The molecule has 0 aromatic heterocycles. The van der Waals surface area contributed by atoms with E-state index < -0.39 is 42.0 Å². The van der Waals surface area contributed by atoms with Gasteiger partial charge < -0.3 is 24.1 Å². The average molecular weight is 447 g/mol. The van der Waals surface area contributed by atoms with Gasteiger partial charge in [-0.25, -0.2) is 9.59 Å². The molecule has 1 aromatic rings. The molecule has 0 saturated carbocycles. The van der Waals surface area contributed by atoms with Gasteiger partial charge in [-0.05, 0) is 91.4 Å². The Labute approximate surface area is 192 Å². The van der Waals surface area contributed by atoms with Crippen LogP contribution >= 0.6 is 0 Å². The summed E-state index contributed by atoms with van der Waals surface area (Å²) in [6, 6.07) is 3.13. The number of rotatable bonds is 6. The van der Waals surface area contributed by atoms with Crippen LogP contribution in [0.1, 0.15) is 72.1 Å². The first-order valence-electron chi connectivity index (χ1n) is 11.2. The maximum atomic E-state index is 12.7. The highest BCUT2D eigenvalue weighted by Crippen LogP contribution is 2.37. The van der Waals surface area contributed by atoms with Crippen LogP contribution in [-0.4, -0.2) is 48.6 Å². The molecule has 178 valence electrons. The molecule has 7 nitrogen and oxygen atoms in total. The van der Waals surface area contributed by atoms with Crippen molar-refractivity contribution in [1.29, 1.82) is 0 Å². The van der Waals surface area contributed by atoms with Gasteiger partial charge in [0.2, 0.25) is 0 Å². The van der Waals surface area contributed by atoms with E-state index in [0.29, 0.717) is 0 Å². The van der Waals surface area contributed by atoms with Crippen molar-refractivity contribution in [3.8, 4) is 0 Å². The monoisotopic (exact) mass is 447 g/mol. The summed E-state index contributed by atoms with van der Waals surface area (Å²) in [7, 11) is -0.585. The summed E-state index contributed by atoms with van der Waals surface area (Å²) in [5.41, 5.74) is 2.17. The second kappa shape index (κ2) is 9.44. The minimum Gasteiger partial charge on any atom is -0.464 e. The van der Waals surface area contributed by atoms with Crippen molar-refractivity contribution < 1.29 is 28.4 Å². The summed E-state index contributed by atoms with van der Waals surface area (Å²) in [6.45, 7) is 19.3. The molecule has 1 N–H and O–H groups in total. The van der Waals surface area contributed by atoms with Crippen LogP contribution in [0, 0.1) is 13.8 Å². The highest BCUT2D eigenvalue weighted by molar-refractivity contribution is 6.62. The van der Waals surface area contributed by atoms with Crippen molar-refractivity contribution in [1.82, 2.24) is 5.32 Å². The van der Waals surface area contributed by atoms with Crippen molar-refractivity contribution in [2.75, 3.05) is 6.61 Å². The molecule has 1 amide bonds. The summed E-state index contributed by atoms with van der Waals surface area (Å²) < 4.78 is 23.1. The van der Waals surface area contributed by atoms with Gasteiger partial charge >= 0.3 is 19.2 Å². The van der Waals surface area contributed by atoms with Crippen molar-refractivity contribution in [2.45, 2.75) is 98.5 Å². The van der Waals surface area contributed by atoms with Crippen molar-refractivity contribution >= 4 is 24.6 Å². The Hall–Kier alpha value is -2.06. The lowest BCUT2D eigenvalue weighted by molar-refractivity contribution is -0.145. The number of amides is 1. The molecule has 32 heavy (non-hydrogen) atoms. The van der Waals surface area contributed by atoms with Gasteiger partial charge in [0.25, 0.3) is 0 Å². The zero-order valence-corrected chi connectivity index (χ0v) is 21.2. The zero-order chi connectivity index (χ0) is 24.5. The molecule has 0 radical (unpaired) electrons. The van der Waals surface area contributed by atoms with Crippen molar-refractivity contribution in [3.05, 3.63) is 28.8 Å². The molecule has 1 aliphatic heterocycles. The third-order valence-electron chi connectivity index (χ3n) is 5.95. The molecule has 1 aromatic carbocycles. The molecule has 2 rings (SSSR count). The molecule has 8 heteroatoms. The molecule has 0 spiro atoms. The van der Waals surface area contributed by atoms with E-state index in [2.05, 4.69) is 5.32 Å². The summed E-state index contributed by atoms with van der Waals surface area (Å²) >= 11 is 0. The lowest BCUT2D eigenvalue weighted by Crippen LogP contribution is -2.47. The molecule has 1 heterocycles. The number of esters is 1. The largest absolute Gasteiger partial charge is 0.495 e. The van der Waals surface area contributed by atoms with Gasteiger partial charge in [-0.15, -0.1) is 0 Å². The van der Waals surface area contributed by atoms with Crippen LogP contribution in [0.5, 0.6) is 0 Å². The predicted octanol–water partition coefficient (Wildman–Crippen LogP) is 3.60. The lowest BCUT2D eigenvalue weighted by Gasteiger charge is -2.32. The third-order valence-corrected chi connectivity index (χ3v) is 5.95. The lowest BCUT2D eigenvalue weighted by atomic mass is 9.73. The van der Waals surface area contributed by atoms with Crippen LogP contribution < -0.4 is 10.8 Å². The van der Waals surface area contributed by atoms with Gasteiger partial charge in [-0.3, -0.25) is 0 Å². The topological polar surface area (TPSA) is 83.1 Å². The fraction of sp³-hybridized carbons (Fsp3) is 0.667. The first-order valence-corrected chi connectivity index (χ1v) is 11.2. The summed E-state index contributed by atoms with van der Waals surface area (Å²) in [4.78, 5) is 25.1. The Bertz CT molecular complexity index is 843. The van der Waals surface area contributed by atoms with Crippen LogP contribution in [0.25, 0.3) is 0 Å².